The van der Waals surface area contributed by atoms with Crippen LogP contribution >= 0.6 is 0 Å². The van der Waals surface area contributed by atoms with Gasteiger partial charge < -0.3 is 9.11 Å². The van der Waals surface area contributed by atoms with Gasteiger partial charge in [-0.05, 0) is 59.4 Å². The zero-order valence-electron chi connectivity index (χ0n) is 20.7. The summed E-state index contributed by atoms with van der Waals surface area (Å²) in [6.45, 7) is 11.1. The first-order valence-electron chi connectivity index (χ1n) is 11.0. The smallest absolute Gasteiger partial charge is 0.744 e. The van der Waals surface area contributed by atoms with E-state index in [9.17, 15) is 25.9 Å². The second-order valence-corrected chi connectivity index (χ2v) is 11.4. The van der Waals surface area contributed by atoms with Crippen LogP contribution in [0, 0.1) is 0 Å². The average molecular weight is 563 g/mol. The summed E-state index contributed by atoms with van der Waals surface area (Å²) in [5.74, 6) is 0. The zero-order chi connectivity index (χ0) is 26.7. The molecule has 0 unspecified atom stereocenters. The van der Waals surface area contributed by atoms with Crippen molar-refractivity contribution in [3.05, 3.63) is 108 Å². The van der Waals surface area contributed by atoms with Gasteiger partial charge in [-0.1, -0.05) is 97.1 Å². The summed E-state index contributed by atoms with van der Waals surface area (Å²) in [4.78, 5) is -0.243. The Hall–Kier alpha value is -2.04. The molecular formula is C28H26CaO6S2. The van der Waals surface area contributed by atoms with Crippen molar-refractivity contribution >= 4 is 79.5 Å². The van der Waals surface area contributed by atoms with Gasteiger partial charge in [-0.3, -0.25) is 0 Å². The van der Waals surface area contributed by atoms with Crippen LogP contribution in [0.5, 0.6) is 0 Å². The van der Waals surface area contributed by atoms with Crippen LogP contribution in [0.2, 0.25) is 0 Å². The van der Waals surface area contributed by atoms with Crippen LogP contribution in [-0.2, 0) is 33.1 Å². The maximum Gasteiger partial charge on any atom is 2.00 e. The van der Waals surface area contributed by atoms with Crippen LogP contribution in [-0.4, -0.2) is 63.7 Å². The first-order chi connectivity index (χ1) is 16.8. The van der Waals surface area contributed by atoms with Crippen LogP contribution < -0.4 is 0 Å². The molecule has 0 aliphatic heterocycles. The summed E-state index contributed by atoms with van der Waals surface area (Å²) in [6, 6.07) is 21.0. The van der Waals surface area contributed by atoms with E-state index in [0.29, 0.717) is 34.7 Å². The van der Waals surface area contributed by atoms with Crippen molar-refractivity contribution in [3.63, 3.8) is 0 Å². The van der Waals surface area contributed by atoms with Gasteiger partial charge in [-0.2, -0.15) is 0 Å². The molecule has 0 N–H and O–H groups in total. The first-order valence-corrected chi connectivity index (χ1v) is 13.8. The van der Waals surface area contributed by atoms with Crippen molar-refractivity contribution in [3.8, 4) is 0 Å². The molecule has 0 saturated heterocycles. The Bertz CT molecular complexity index is 1560. The molecule has 0 fully saturated rings. The molecule has 0 saturated carbocycles. The van der Waals surface area contributed by atoms with E-state index in [4.69, 9.17) is 0 Å². The number of hydrogen-bond acceptors (Lipinski definition) is 6. The number of rotatable bonds is 6. The molecule has 6 nitrogen and oxygen atoms in total. The van der Waals surface area contributed by atoms with Crippen LogP contribution in [0.4, 0.5) is 0 Å². The Labute approximate surface area is 248 Å². The zero-order valence-corrected chi connectivity index (χ0v) is 24.6. The topological polar surface area (TPSA) is 114 Å². The molecule has 0 amide bonds. The standard InChI is InChI=1S/2C14H14O3S.Ca/c2*1-10(2)9-12-8-7-11-5-3-4-6-13(11)14(12)18(15,16)17;/h2*3-8H,1,9H2,2H3,(H,15,16,17);/q;;+2/p-2. The fourth-order valence-electron chi connectivity index (χ4n) is 4.10. The molecule has 188 valence electrons. The minimum Gasteiger partial charge on any atom is -0.744 e. The van der Waals surface area contributed by atoms with Crippen LogP contribution in [0.3, 0.4) is 0 Å². The minimum absolute atomic E-state index is 0. The van der Waals surface area contributed by atoms with Gasteiger partial charge in [0, 0.05) is 0 Å². The molecule has 0 aromatic heterocycles. The molecule has 4 rings (SSSR count). The summed E-state index contributed by atoms with van der Waals surface area (Å²) in [5, 5.41) is 2.45. The van der Waals surface area contributed by atoms with Crippen molar-refractivity contribution in [2.75, 3.05) is 0 Å². The molecule has 0 aliphatic carbocycles. The fraction of sp³-hybridized carbons (Fsp3) is 0.143. The van der Waals surface area contributed by atoms with Crippen LogP contribution in [0.1, 0.15) is 25.0 Å². The van der Waals surface area contributed by atoms with Crippen molar-refractivity contribution in [1.82, 2.24) is 0 Å². The van der Waals surface area contributed by atoms with Crippen molar-refractivity contribution in [1.29, 1.82) is 0 Å². The van der Waals surface area contributed by atoms with Crippen LogP contribution in [0.25, 0.3) is 21.5 Å². The largest absolute Gasteiger partial charge is 2.00 e. The molecule has 0 bridgehead atoms. The van der Waals surface area contributed by atoms with Gasteiger partial charge in [0.05, 0.1) is 9.79 Å². The molecule has 0 spiro atoms. The SMILES string of the molecule is C=C(C)Cc1ccc2ccccc2c1S(=O)(=O)[O-].C=C(C)Cc1ccc2ccccc2c1S(=O)(=O)[O-].[Ca+2]. The molecule has 4 aromatic rings. The Morgan fingerprint density at radius 1 is 0.622 bits per heavy atom. The minimum atomic E-state index is -4.50. The van der Waals surface area contributed by atoms with Gasteiger partial charge in [0.1, 0.15) is 20.2 Å². The molecule has 37 heavy (non-hydrogen) atoms. The van der Waals surface area contributed by atoms with Gasteiger partial charge in [0.25, 0.3) is 0 Å². The second kappa shape index (κ2) is 12.7. The Kier molecular flexibility index (Phi) is 10.7. The average Bonchev–Trinajstić information content (AvgIpc) is 2.76. The van der Waals surface area contributed by atoms with Gasteiger partial charge in [0.2, 0.25) is 0 Å². The summed E-state index contributed by atoms with van der Waals surface area (Å²) in [6.07, 6.45) is 0.781. The maximum absolute atomic E-state index is 11.5. The number of hydrogen-bond donors (Lipinski definition) is 0. The Morgan fingerprint density at radius 3 is 1.24 bits per heavy atom. The predicted molar refractivity (Wildman–Crippen MR) is 147 cm³/mol. The van der Waals surface area contributed by atoms with E-state index in [1.807, 2.05) is 24.3 Å². The van der Waals surface area contributed by atoms with Crippen LogP contribution in [0.15, 0.2) is 107 Å². The predicted octanol–water partition coefficient (Wildman–Crippen LogP) is 5.34. The molecule has 9 heteroatoms. The normalized spacial score (nSPS) is 11.4. The molecule has 0 radical (unpaired) electrons. The van der Waals surface area contributed by atoms with E-state index < -0.39 is 20.2 Å². The van der Waals surface area contributed by atoms with Gasteiger partial charge in [-0.15, -0.1) is 0 Å². The van der Waals surface area contributed by atoms with E-state index in [1.54, 1.807) is 62.4 Å². The van der Waals surface area contributed by atoms with Crippen molar-refractivity contribution < 1.29 is 25.9 Å². The summed E-state index contributed by atoms with van der Waals surface area (Å²) in [7, 11) is -8.99. The Morgan fingerprint density at radius 2 is 0.946 bits per heavy atom. The third kappa shape index (κ3) is 7.97. The van der Waals surface area contributed by atoms with Crippen molar-refractivity contribution in [2.45, 2.75) is 36.5 Å². The van der Waals surface area contributed by atoms with Crippen molar-refractivity contribution in [2.24, 2.45) is 0 Å². The fourth-order valence-corrected chi connectivity index (χ4v) is 5.93. The number of allylic oxidation sites excluding steroid dienone is 2. The number of fused-ring (bicyclic) bond motifs is 2. The Balaban J connectivity index is 0.000000253. The molecule has 0 heterocycles. The monoisotopic (exact) mass is 562 g/mol. The molecule has 0 atom stereocenters. The van der Waals surface area contributed by atoms with E-state index in [-0.39, 0.29) is 47.5 Å². The van der Waals surface area contributed by atoms with E-state index in [0.717, 1.165) is 21.9 Å². The molecule has 0 aliphatic rings. The van der Waals surface area contributed by atoms with Gasteiger partial charge in [0.15, 0.2) is 0 Å². The summed E-state index contributed by atoms with van der Waals surface area (Å²) < 4.78 is 68.8. The maximum atomic E-state index is 11.5. The van der Waals surface area contributed by atoms with Gasteiger partial charge >= 0.3 is 37.7 Å². The third-order valence-electron chi connectivity index (χ3n) is 5.41. The van der Waals surface area contributed by atoms with E-state index in [2.05, 4.69) is 13.2 Å². The summed E-state index contributed by atoms with van der Waals surface area (Å²) in [5.41, 5.74) is 2.65. The second-order valence-electron chi connectivity index (χ2n) is 8.73. The van der Waals surface area contributed by atoms with E-state index in [1.165, 1.54) is 0 Å². The molecule has 4 aromatic carbocycles. The van der Waals surface area contributed by atoms with Gasteiger partial charge in [-0.25, -0.2) is 16.8 Å². The first kappa shape index (κ1) is 31.2. The van der Waals surface area contributed by atoms with E-state index >= 15 is 0 Å². The third-order valence-corrected chi connectivity index (χ3v) is 7.37. The molecular weight excluding hydrogens is 537 g/mol. The summed E-state index contributed by atoms with van der Waals surface area (Å²) >= 11 is 0. The quantitative estimate of drug-likeness (QED) is 0.178. The number of benzene rings is 4.